The van der Waals surface area contributed by atoms with E-state index in [0.717, 1.165) is 6.42 Å². The van der Waals surface area contributed by atoms with Gasteiger partial charge in [0.2, 0.25) is 0 Å². The summed E-state index contributed by atoms with van der Waals surface area (Å²) in [5.41, 5.74) is 6.44. The maximum Gasteiger partial charge on any atom is 0.197 e. The summed E-state index contributed by atoms with van der Waals surface area (Å²) in [4.78, 5) is 4.25. The zero-order valence-electron chi connectivity index (χ0n) is 9.33. The lowest BCUT2D eigenvalue weighted by Gasteiger charge is -2.06. The highest BCUT2D eigenvalue weighted by Crippen LogP contribution is 1.99. The van der Waals surface area contributed by atoms with Crippen molar-refractivity contribution in [2.24, 2.45) is 10.7 Å². The van der Waals surface area contributed by atoms with E-state index >= 15 is 0 Å². The molecular weight excluding hydrogens is 202 g/mol. The van der Waals surface area contributed by atoms with E-state index in [1.165, 1.54) is 5.56 Å². The molecule has 0 aromatic heterocycles. The van der Waals surface area contributed by atoms with Crippen molar-refractivity contribution < 1.29 is 0 Å². The van der Waals surface area contributed by atoms with Gasteiger partial charge in [-0.05, 0) is 12.0 Å². The molecule has 5 nitrogen and oxygen atoms in total. The van der Waals surface area contributed by atoms with Crippen LogP contribution in [0.2, 0.25) is 0 Å². The second-order valence-electron chi connectivity index (χ2n) is 3.25. The van der Waals surface area contributed by atoms with Crippen molar-refractivity contribution in [1.82, 2.24) is 10.6 Å². The summed E-state index contributed by atoms with van der Waals surface area (Å²) in [6.45, 7) is 0.653. The molecule has 0 unspecified atom stereocenters. The van der Waals surface area contributed by atoms with Gasteiger partial charge in [0.05, 0.1) is 0 Å². The van der Waals surface area contributed by atoms with Gasteiger partial charge in [-0.2, -0.15) is 0 Å². The van der Waals surface area contributed by atoms with Crippen LogP contribution in [0.3, 0.4) is 0 Å². The summed E-state index contributed by atoms with van der Waals surface area (Å²) in [7, 11) is 1.73. The van der Waals surface area contributed by atoms with Gasteiger partial charge in [0.1, 0.15) is 0 Å². The van der Waals surface area contributed by atoms with Crippen molar-refractivity contribution in [2.75, 3.05) is 13.6 Å². The minimum absolute atomic E-state index is 0.118. The first kappa shape index (κ1) is 12.0. The van der Waals surface area contributed by atoms with Crippen LogP contribution in [0, 0.1) is 5.41 Å². The summed E-state index contributed by atoms with van der Waals surface area (Å²) in [5.74, 6) is 0.399. The number of hydrogen-bond donors (Lipinski definition) is 4. The highest BCUT2D eigenvalue weighted by Gasteiger charge is 1.96. The predicted octanol–water partition coefficient (Wildman–Crippen LogP) is 0.288. The first-order valence-corrected chi connectivity index (χ1v) is 5.09. The Labute approximate surface area is 95.3 Å². The maximum atomic E-state index is 7.07. The number of nitrogens with one attached hydrogen (secondary N) is 3. The molecule has 0 aliphatic rings. The molecule has 16 heavy (non-hydrogen) atoms. The third kappa shape index (κ3) is 4.45. The molecular formula is C11H17N5. The quantitative estimate of drug-likeness (QED) is 0.435. The van der Waals surface area contributed by atoms with Gasteiger partial charge in [-0.25, -0.2) is 0 Å². The zero-order chi connectivity index (χ0) is 11.8. The third-order valence-corrected chi connectivity index (χ3v) is 2.00. The largest absolute Gasteiger partial charge is 0.370 e. The first-order valence-electron chi connectivity index (χ1n) is 5.09. The summed E-state index contributed by atoms with van der Waals surface area (Å²) >= 11 is 0. The van der Waals surface area contributed by atoms with E-state index in [-0.39, 0.29) is 5.96 Å². The van der Waals surface area contributed by atoms with E-state index in [1.54, 1.807) is 7.05 Å². The smallest absolute Gasteiger partial charge is 0.197 e. The Balaban J connectivity index is 2.43. The molecule has 0 heterocycles. The highest BCUT2D eigenvalue weighted by molar-refractivity contribution is 5.96. The summed E-state index contributed by atoms with van der Waals surface area (Å²) in [6.07, 6.45) is 0.867. The van der Waals surface area contributed by atoms with Crippen LogP contribution in [0.5, 0.6) is 0 Å². The molecule has 0 atom stereocenters. The van der Waals surface area contributed by atoms with Crippen LogP contribution in [0.15, 0.2) is 35.3 Å². The van der Waals surface area contributed by atoms with Gasteiger partial charge < -0.3 is 11.1 Å². The van der Waals surface area contributed by atoms with Crippen molar-refractivity contribution in [3.63, 3.8) is 0 Å². The molecule has 0 spiro atoms. The highest BCUT2D eigenvalue weighted by atomic mass is 15.2. The summed E-state index contributed by atoms with van der Waals surface area (Å²) < 4.78 is 0. The molecule has 0 aliphatic carbocycles. The Morgan fingerprint density at radius 2 is 2.06 bits per heavy atom. The molecule has 0 aliphatic heterocycles. The Morgan fingerprint density at radius 3 is 2.62 bits per heavy atom. The van der Waals surface area contributed by atoms with Crippen molar-refractivity contribution in [3.8, 4) is 0 Å². The van der Waals surface area contributed by atoms with E-state index in [1.807, 2.05) is 18.2 Å². The van der Waals surface area contributed by atoms with Crippen LogP contribution in [0.1, 0.15) is 5.56 Å². The van der Waals surface area contributed by atoms with Crippen molar-refractivity contribution in [2.45, 2.75) is 6.42 Å². The molecule has 0 saturated carbocycles. The second kappa shape index (κ2) is 6.44. The number of guanidine groups is 2. The average molecular weight is 219 g/mol. The number of nitrogens with two attached hydrogens (primary N) is 1. The van der Waals surface area contributed by atoms with Crippen LogP contribution in [-0.2, 0) is 6.42 Å². The molecule has 0 saturated heterocycles. The molecule has 0 amide bonds. The number of nitrogens with zero attached hydrogens (tertiary/aromatic N) is 1. The Bertz CT molecular complexity index is 358. The fourth-order valence-electron chi connectivity index (χ4n) is 1.25. The van der Waals surface area contributed by atoms with E-state index in [9.17, 15) is 0 Å². The van der Waals surface area contributed by atoms with E-state index < -0.39 is 0 Å². The minimum atomic E-state index is -0.118. The Kier molecular flexibility index (Phi) is 4.85. The lowest BCUT2D eigenvalue weighted by Crippen LogP contribution is -2.42. The summed E-state index contributed by atoms with van der Waals surface area (Å²) in [6, 6.07) is 10.1. The molecule has 5 heteroatoms. The molecule has 1 rings (SSSR count). The topological polar surface area (TPSA) is 86.3 Å². The number of benzene rings is 1. The lowest BCUT2D eigenvalue weighted by atomic mass is 10.2. The van der Waals surface area contributed by atoms with Gasteiger partial charge in [-0.1, -0.05) is 30.3 Å². The molecule has 0 fully saturated rings. The van der Waals surface area contributed by atoms with Crippen molar-refractivity contribution in [1.29, 1.82) is 5.41 Å². The lowest BCUT2D eigenvalue weighted by molar-refractivity contribution is 0.932. The third-order valence-electron chi connectivity index (χ3n) is 2.00. The SMILES string of the molecule is CN/C(=N\CCc1ccccc1)NC(=N)N. The number of aliphatic imine (C=N–C) groups is 1. The van der Waals surface area contributed by atoms with E-state index in [4.69, 9.17) is 11.1 Å². The molecule has 1 aromatic rings. The van der Waals surface area contributed by atoms with Crippen LogP contribution in [0.4, 0.5) is 0 Å². The van der Waals surface area contributed by atoms with Crippen molar-refractivity contribution >= 4 is 11.9 Å². The molecule has 0 radical (unpaired) electrons. The zero-order valence-corrected chi connectivity index (χ0v) is 9.33. The van der Waals surface area contributed by atoms with Gasteiger partial charge in [0.25, 0.3) is 0 Å². The second-order valence-corrected chi connectivity index (χ2v) is 3.25. The predicted molar refractivity (Wildman–Crippen MR) is 66.6 cm³/mol. The molecule has 0 bridgehead atoms. The Hall–Kier alpha value is -2.04. The van der Waals surface area contributed by atoms with Crippen LogP contribution < -0.4 is 16.4 Å². The first-order chi connectivity index (χ1) is 7.72. The van der Waals surface area contributed by atoms with Crippen molar-refractivity contribution in [3.05, 3.63) is 35.9 Å². The van der Waals surface area contributed by atoms with Gasteiger partial charge in [0, 0.05) is 13.6 Å². The number of rotatable bonds is 3. The molecule has 86 valence electrons. The normalized spacial score (nSPS) is 10.9. The maximum absolute atomic E-state index is 7.07. The van der Waals surface area contributed by atoms with Crippen LogP contribution in [-0.4, -0.2) is 25.5 Å². The van der Waals surface area contributed by atoms with Gasteiger partial charge in [-0.3, -0.25) is 15.7 Å². The van der Waals surface area contributed by atoms with E-state index in [2.05, 4.69) is 27.8 Å². The standard InChI is InChI=1S/C11H17N5/c1-14-11(16-10(12)13)15-8-7-9-5-3-2-4-6-9/h2-6H,7-8H2,1H3,(H5,12,13,14,15,16). The van der Waals surface area contributed by atoms with Gasteiger partial charge in [-0.15, -0.1) is 0 Å². The van der Waals surface area contributed by atoms with Gasteiger partial charge in [0.15, 0.2) is 11.9 Å². The fourth-order valence-corrected chi connectivity index (χ4v) is 1.25. The number of hydrogen-bond acceptors (Lipinski definition) is 2. The average Bonchev–Trinajstić information content (AvgIpc) is 2.28. The molecule has 1 aromatic carbocycles. The van der Waals surface area contributed by atoms with Gasteiger partial charge >= 0.3 is 0 Å². The Morgan fingerprint density at radius 1 is 1.38 bits per heavy atom. The van der Waals surface area contributed by atoms with E-state index in [0.29, 0.717) is 12.5 Å². The van der Waals surface area contributed by atoms with Crippen LogP contribution in [0.25, 0.3) is 0 Å². The minimum Gasteiger partial charge on any atom is -0.370 e. The molecule has 5 N–H and O–H groups in total. The van der Waals surface area contributed by atoms with Crippen LogP contribution >= 0.6 is 0 Å². The summed E-state index contributed by atoms with van der Waals surface area (Å²) in [5, 5.41) is 12.5. The fraction of sp³-hybridized carbons (Fsp3) is 0.273. The monoisotopic (exact) mass is 219 g/mol.